The van der Waals surface area contributed by atoms with Gasteiger partial charge in [-0.25, -0.2) is 4.39 Å². The molecule has 0 atom stereocenters. The van der Waals surface area contributed by atoms with Crippen molar-refractivity contribution < 1.29 is 17.6 Å². The molecule has 0 saturated heterocycles. The Morgan fingerprint density at radius 2 is 1.91 bits per heavy atom. The molecule has 1 aliphatic heterocycles. The molecule has 0 spiro atoms. The molecule has 5 nitrogen and oxygen atoms in total. The van der Waals surface area contributed by atoms with Crippen LogP contribution in [0, 0.1) is 5.82 Å². The number of hydrogen-bond donors (Lipinski definition) is 1. The number of rotatable bonds is 3. The average molecular weight is 341 g/mol. The molecule has 1 aliphatic rings. The molecule has 0 aliphatic carbocycles. The number of hydrogen-bond acceptors (Lipinski definition) is 3. The molecule has 0 radical (unpaired) electrons. The van der Waals surface area contributed by atoms with Crippen molar-refractivity contribution in [1.29, 1.82) is 0 Å². The monoisotopic (exact) mass is 340 g/mol. The van der Waals surface area contributed by atoms with E-state index < -0.39 is 21.9 Å². The molecule has 1 amide bonds. The lowest BCUT2D eigenvalue weighted by molar-refractivity contribution is -0.116. The van der Waals surface area contributed by atoms with Crippen LogP contribution in [0.4, 0.5) is 15.8 Å². The number of halogens is 2. The summed E-state index contributed by atoms with van der Waals surface area (Å²) in [6.07, 6.45) is 0.00601. The van der Waals surface area contributed by atoms with E-state index in [1.807, 2.05) is 0 Å². The van der Waals surface area contributed by atoms with Gasteiger partial charge in [0, 0.05) is 0 Å². The third-order valence-electron chi connectivity index (χ3n) is 3.19. The van der Waals surface area contributed by atoms with Crippen LogP contribution in [0.3, 0.4) is 0 Å². The van der Waals surface area contributed by atoms with Gasteiger partial charge in [-0.1, -0.05) is 29.8 Å². The summed E-state index contributed by atoms with van der Waals surface area (Å²) in [6.45, 7) is 0. The molecule has 0 saturated carbocycles. The number of fused-ring (bicyclic) bond motifs is 1. The minimum Gasteiger partial charge on any atom is -0.273 e. The summed E-state index contributed by atoms with van der Waals surface area (Å²) < 4.78 is 41.1. The van der Waals surface area contributed by atoms with Crippen LogP contribution >= 0.6 is 11.6 Å². The van der Waals surface area contributed by atoms with Crippen molar-refractivity contribution in [3.05, 3.63) is 58.9 Å². The van der Waals surface area contributed by atoms with Gasteiger partial charge in [0.15, 0.2) is 0 Å². The summed E-state index contributed by atoms with van der Waals surface area (Å²) in [6, 6.07) is 10.1. The van der Waals surface area contributed by atoms with Crippen LogP contribution in [-0.4, -0.2) is 14.3 Å². The fourth-order valence-electron chi connectivity index (χ4n) is 2.25. The summed E-state index contributed by atoms with van der Waals surface area (Å²) in [4.78, 5) is 12.0. The number of nitrogens with zero attached hydrogens (tertiary/aromatic N) is 1. The first-order valence-electron chi connectivity index (χ1n) is 6.27. The molecule has 114 valence electrons. The normalized spacial score (nSPS) is 14.1. The van der Waals surface area contributed by atoms with E-state index in [4.69, 9.17) is 11.6 Å². The highest BCUT2D eigenvalue weighted by molar-refractivity contribution is 7.94. The highest BCUT2D eigenvalue weighted by Crippen LogP contribution is 2.31. The van der Waals surface area contributed by atoms with Gasteiger partial charge in [0.05, 0.1) is 22.8 Å². The molecule has 1 N–H and O–H groups in total. The Kier molecular flexibility index (Phi) is 3.54. The van der Waals surface area contributed by atoms with Gasteiger partial charge in [0.1, 0.15) is 5.82 Å². The predicted octanol–water partition coefficient (Wildman–Crippen LogP) is 2.73. The van der Waals surface area contributed by atoms with E-state index in [0.29, 0.717) is 15.6 Å². The Balaban J connectivity index is 1.96. The SMILES string of the molecule is O=C1Cc2ccccc2N1S(=O)(=O)Nc1ccc(Cl)c(F)c1. The highest BCUT2D eigenvalue weighted by atomic mass is 35.5. The van der Waals surface area contributed by atoms with Gasteiger partial charge in [-0.15, -0.1) is 0 Å². The maximum Gasteiger partial charge on any atom is 0.330 e. The number of para-hydroxylation sites is 1. The van der Waals surface area contributed by atoms with Gasteiger partial charge >= 0.3 is 10.2 Å². The molecule has 0 fully saturated rings. The smallest absolute Gasteiger partial charge is 0.273 e. The van der Waals surface area contributed by atoms with Crippen molar-refractivity contribution in [2.24, 2.45) is 0 Å². The van der Waals surface area contributed by atoms with Crippen LogP contribution in [0.15, 0.2) is 42.5 Å². The quantitative estimate of drug-likeness (QED) is 0.934. The molecule has 0 unspecified atom stereocenters. The van der Waals surface area contributed by atoms with Crippen molar-refractivity contribution in [2.75, 3.05) is 9.03 Å². The maximum absolute atomic E-state index is 13.4. The van der Waals surface area contributed by atoms with Crippen LogP contribution in [0.1, 0.15) is 5.56 Å². The number of amides is 1. The van der Waals surface area contributed by atoms with E-state index in [-0.39, 0.29) is 17.1 Å². The zero-order valence-corrected chi connectivity index (χ0v) is 12.7. The molecule has 1 heterocycles. The lowest BCUT2D eigenvalue weighted by Crippen LogP contribution is -2.38. The summed E-state index contributed by atoms with van der Waals surface area (Å²) in [5.74, 6) is -1.32. The fourth-order valence-corrected chi connectivity index (χ4v) is 3.65. The second-order valence-corrected chi connectivity index (χ2v) is 6.63. The Hall–Kier alpha value is -2.12. The summed E-state index contributed by atoms with van der Waals surface area (Å²) in [7, 11) is -4.18. The van der Waals surface area contributed by atoms with Gasteiger partial charge in [0.25, 0.3) is 0 Å². The van der Waals surface area contributed by atoms with E-state index >= 15 is 0 Å². The fraction of sp³-hybridized carbons (Fsp3) is 0.0714. The molecular formula is C14H10ClFN2O3S. The van der Waals surface area contributed by atoms with Gasteiger partial charge in [-0.05, 0) is 29.8 Å². The molecule has 2 aromatic rings. The van der Waals surface area contributed by atoms with Gasteiger partial charge in [0.2, 0.25) is 5.91 Å². The predicted molar refractivity (Wildman–Crippen MR) is 81.6 cm³/mol. The Bertz CT molecular complexity index is 870. The number of anilines is 2. The molecule has 22 heavy (non-hydrogen) atoms. The van der Waals surface area contributed by atoms with E-state index in [0.717, 1.165) is 6.07 Å². The molecule has 8 heteroatoms. The number of carbonyl (C=O) groups excluding carboxylic acids is 1. The second kappa shape index (κ2) is 5.26. The molecular weight excluding hydrogens is 331 g/mol. The Morgan fingerprint density at radius 1 is 1.18 bits per heavy atom. The summed E-state index contributed by atoms with van der Waals surface area (Å²) >= 11 is 5.55. The first kappa shape index (κ1) is 14.8. The highest BCUT2D eigenvalue weighted by Gasteiger charge is 2.36. The minimum atomic E-state index is -4.18. The van der Waals surface area contributed by atoms with Crippen molar-refractivity contribution in [2.45, 2.75) is 6.42 Å². The van der Waals surface area contributed by atoms with Crippen molar-refractivity contribution in [3.8, 4) is 0 Å². The van der Waals surface area contributed by atoms with Crippen LogP contribution in [0.5, 0.6) is 0 Å². The number of nitrogens with one attached hydrogen (secondary N) is 1. The van der Waals surface area contributed by atoms with E-state index in [9.17, 15) is 17.6 Å². The maximum atomic E-state index is 13.4. The van der Waals surface area contributed by atoms with E-state index in [2.05, 4.69) is 4.72 Å². The Labute approximate surface area is 131 Å². The molecule has 0 bridgehead atoms. The molecule has 2 aromatic carbocycles. The van der Waals surface area contributed by atoms with Gasteiger partial charge in [-0.3, -0.25) is 9.52 Å². The van der Waals surface area contributed by atoms with Crippen LogP contribution in [0.25, 0.3) is 0 Å². The molecule has 0 aromatic heterocycles. The largest absolute Gasteiger partial charge is 0.330 e. The zero-order valence-electron chi connectivity index (χ0n) is 11.1. The number of carbonyl (C=O) groups is 1. The topological polar surface area (TPSA) is 66.5 Å². The van der Waals surface area contributed by atoms with E-state index in [1.54, 1.807) is 24.3 Å². The summed E-state index contributed by atoms with van der Waals surface area (Å²) in [5.41, 5.74) is 0.911. The first-order chi connectivity index (χ1) is 10.4. The van der Waals surface area contributed by atoms with Crippen LogP contribution in [-0.2, 0) is 21.4 Å². The van der Waals surface area contributed by atoms with E-state index in [1.165, 1.54) is 12.1 Å². The van der Waals surface area contributed by atoms with Crippen molar-refractivity contribution in [3.63, 3.8) is 0 Å². The summed E-state index contributed by atoms with van der Waals surface area (Å²) in [5, 5.41) is -0.120. The first-order valence-corrected chi connectivity index (χ1v) is 8.09. The van der Waals surface area contributed by atoms with Gasteiger partial charge < -0.3 is 0 Å². The standard InChI is InChI=1S/C14H10ClFN2O3S/c15-11-6-5-10(8-12(11)16)17-22(20,21)18-13-4-2-1-3-9(13)7-14(18)19/h1-6,8,17H,7H2. The third-order valence-corrected chi connectivity index (χ3v) is 4.87. The number of benzene rings is 2. The molecule has 3 rings (SSSR count). The van der Waals surface area contributed by atoms with Crippen LogP contribution < -0.4 is 9.03 Å². The van der Waals surface area contributed by atoms with Crippen molar-refractivity contribution in [1.82, 2.24) is 0 Å². The lowest BCUT2D eigenvalue weighted by atomic mass is 10.2. The zero-order chi connectivity index (χ0) is 15.9. The van der Waals surface area contributed by atoms with Crippen molar-refractivity contribution >= 4 is 39.1 Å². The minimum absolute atomic E-state index is 0.00601. The second-order valence-electron chi connectivity index (χ2n) is 4.70. The average Bonchev–Trinajstić information content (AvgIpc) is 2.79. The van der Waals surface area contributed by atoms with Gasteiger partial charge in [-0.2, -0.15) is 12.7 Å². The lowest BCUT2D eigenvalue weighted by Gasteiger charge is -2.18. The third kappa shape index (κ3) is 2.53. The van der Waals surface area contributed by atoms with Crippen LogP contribution in [0.2, 0.25) is 5.02 Å². The Morgan fingerprint density at radius 3 is 2.64 bits per heavy atom.